The number of ether oxygens (including phenoxy) is 3. The molecular weight excluding hydrogens is 457 g/mol. The second-order valence-corrected chi connectivity index (χ2v) is 8.99. The number of carbonyl (C=O) groups is 3. The van der Waals surface area contributed by atoms with Crippen LogP contribution in [0.15, 0.2) is 30.5 Å². The molecule has 184 valence electrons. The molecule has 35 heavy (non-hydrogen) atoms. The number of esters is 1. The zero-order valence-electron chi connectivity index (χ0n) is 19.4. The molecule has 3 heterocycles. The van der Waals surface area contributed by atoms with E-state index in [4.69, 9.17) is 9.47 Å². The zero-order chi connectivity index (χ0) is 24.5. The summed E-state index contributed by atoms with van der Waals surface area (Å²) in [5.41, 5.74) is 0.623. The van der Waals surface area contributed by atoms with Crippen LogP contribution in [-0.2, 0) is 20.9 Å². The van der Waals surface area contributed by atoms with E-state index in [0.29, 0.717) is 31.2 Å². The Bertz CT molecular complexity index is 1150. The first-order chi connectivity index (χ1) is 16.9. The first-order valence-electron chi connectivity index (χ1n) is 11.7. The Morgan fingerprint density at radius 1 is 1.20 bits per heavy atom. The van der Waals surface area contributed by atoms with Crippen LogP contribution in [0.1, 0.15) is 41.6 Å². The van der Waals surface area contributed by atoms with E-state index in [1.807, 2.05) is 0 Å². The van der Waals surface area contributed by atoms with E-state index in [1.54, 1.807) is 12.1 Å². The van der Waals surface area contributed by atoms with Crippen molar-refractivity contribution in [1.29, 1.82) is 0 Å². The van der Waals surface area contributed by atoms with Crippen LogP contribution in [0.2, 0.25) is 0 Å². The Hall–Kier alpha value is -3.69. The minimum atomic E-state index is -0.749. The van der Waals surface area contributed by atoms with Crippen LogP contribution in [0.5, 0.6) is 11.6 Å². The molecule has 0 spiro atoms. The smallest absolute Gasteiger partial charge is 0.325 e. The third-order valence-electron chi connectivity index (χ3n) is 6.52. The van der Waals surface area contributed by atoms with Crippen molar-refractivity contribution in [2.45, 2.75) is 38.3 Å². The van der Waals surface area contributed by atoms with Gasteiger partial charge in [0.1, 0.15) is 18.1 Å². The summed E-state index contributed by atoms with van der Waals surface area (Å²) in [4.78, 5) is 44.1. The first kappa shape index (κ1) is 23.1. The van der Waals surface area contributed by atoms with Crippen LogP contribution in [0.3, 0.4) is 0 Å². The topological polar surface area (TPSA) is 98.3 Å². The van der Waals surface area contributed by atoms with Crippen molar-refractivity contribution >= 4 is 23.5 Å². The van der Waals surface area contributed by atoms with E-state index in [2.05, 4.69) is 9.72 Å². The normalized spacial score (nSPS) is 19.2. The molecule has 1 atom stereocenters. The maximum absolute atomic E-state index is 14.8. The van der Waals surface area contributed by atoms with Gasteiger partial charge in [0.2, 0.25) is 5.88 Å². The van der Waals surface area contributed by atoms with Crippen molar-refractivity contribution < 1.29 is 33.0 Å². The number of hydrogen-bond acceptors (Lipinski definition) is 7. The minimum Gasteiger partial charge on any atom is -0.479 e. The van der Waals surface area contributed by atoms with Gasteiger partial charge >= 0.3 is 5.97 Å². The largest absolute Gasteiger partial charge is 0.479 e. The highest BCUT2D eigenvalue weighted by Gasteiger charge is 2.37. The number of aromatic nitrogens is 1. The zero-order valence-corrected chi connectivity index (χ0v) is 19.4. The Morgan fingerprint density at radius 3 is 2.74 bits per heavy atom. The summed E-state index contributed by atoms with van der Waals surface area (Å²) in [6, 6.07) is 6.15. The van der Waals surface area contributed by atoms with Gasteiger partial charge in [-0.1, -0.05) is 12.8 Å². The lowest BCUT2D eigenvalue weighted by Crippen LogP contribution is -2.32. The van der Waals surface area contributed by atoms with Crippen LogP contribution in [0, 0.1) is 11.7 Å². The van der Waals surface area contributed by atoms with Crippen LogP contribution < -0.4 is 14.4 Å². The van der Waals surface area contributed by atoms with Crippen molar-refractivity contribution in [3.8, 4) is 11.6 Å². The molecule has 1 saturated carbocycles. The molecule has 5 rings (SSSR count). The lowest BCUT2D eigenvalue weighted by molar-refractivity contribution is -0.141. The van der Waals surface area contributed by atoms with Crippen molar-refractivity contribution in [3.05, 3.63) is 47.4 Å². The molecule has 0 unspecified atom stereocenters. The Morgan fingerprint density at radius 2 is 2.03 bits per heavy atom. The van der Waals surface area contributed by atoms with Gasteiger partial charge in [-0.2, -0.15) is 0 Å². The lowest BCUT2D eigenvalue weighted by Gasteiger charge is -2.18. The van der Waals surface area contributed by atoms with Gasteiger partial charge in [0.25, 0.3) is 11.8 Å². The van der Waals surface area contributed by atoms with Crippen molar-refractivity contribution in [2.75, 3.05) is 31.7 Å². The highest BCUT2D eigenvalue weighted by molar-refractivity contribution is 6.03. The number of fused-ring (bicyclic) bond motifs is 1. The molecule has 1 aromatic heterocycles. The molecule has 9 nitrogen and oxygen atoms in total. The SMILES string of the molecule is COC(=O)CN1Cc2c(F)cc(N3CC[C@@H](Oc4ccc(OCCC5CC5)nc4)C3=O)cc2C1=O. The van der Waals surface area contributed by atoms with E-state index in [1.165, 1.54) is 48.1 Å². The Kier molecular flexibility index (Phi) is 6.27. The lowest BCUT2D eigenvalue weighted by atomic mass is 10.1. The molecule has 0 radical (unpaired) electrons. The maximum Gasteiger partial charge on any atom is 0.325 e. The molecule has 3 aliphatic rings. The third-order valence-corrected chi connectivity index (χ3v) is 6.52. The minimum absolute atomic E-state index is 0.0254. The number of benzene rings is 1. The number of nitrogens with zero attached hydrogens (tertiary/aromatic N) is 3. The molecule has 2 amide bonds. The molecule has 1 saturated heterocycles. The summed E-state index contributed by atoms with van der Waals surface area (Å²) in [6.07, 6.45) is 4.76. The van der Waals surface area contributed by atoms with Gasteiger partial charge in [-0.05, 0) is 30.5 Å². The fourth-order valence-electron chi connectivity index (χ4n) is 4.35. The average Bonchev–Trinajstić information content (AvgIpc) is 3.54. The van der Waals surface area contributed by atoms with E-state index in [0.717, 1.165) is 12.3 Å². The second kappa shape index (κ2) is 9.52. The van der Waals surface area contributed by atoms with Crippen molar-refractivity contribution in [1.82, 2.24) is 9.88 Å². The van der Waals surface area contributed by atoms with Gasteiger partial charge < -0.3 is 24.0 Å². The van der Waals surface area contributed by atoms with Gasteiger partial charge in [0.15, 0.2) is 6.10 Å². The molecule has 1 aliphatic carbocycles. The van der Waals surface area contributed by atoms with E-state index < -0.39 is 23.8 Å². The van der Waals surface area contributed by atoms with Gasteiger partial charge in [-0.25, -0.2) is 9.37 Å². The highest BCUT2D eigenvalue weighted by atomic mass is 19.1. The predicted molar refractivity (Wildman–Crippen MR) is 122 cm³/mol. The summed E-state index contributed by atoms with van der Waals surface area (Å²) in [7, 11) is 1.22. The van der Waals surface area contributed by atoms with Crippen LogP contribution >= 0.6 is 0 Å². The number of rotatable bonds is 9. The Labute approximate surface area is 201 Å². The fourth-order valence-corrected chi connectivity index (χ4v) is 4.35. The quantitative estimate of drug-likeness (QED) is 0.506. The summed E-state index contributed by atoms with van der Waals surface area (Å²) in [5.74, 6) is -0.261. The van der Waals surface area contributed by atoms with Crippen LogP contribution in [0.25, 0.3) is 0 Å². The number of pyridine rings is 1. The highest BCUT2D eigenvalue weighted by Crippen LogP contribution is 2.33. The standard InChI is InChI=1S/C25H26FN3O6/c1-33-23(30)14-28-13-19-18(24(28)31)10-16(11-20(19)26)29-8-6-21(25(29)32)35-17-4-5-22(27-12-17)34-9-7-15-2-3-15/h4-5,10-12,15,21H,2-3,6-9,13-14H2,1H3/t21-/m1/s1. The Balaban J connectivity index is 1.22. The maximum atomic E-state index is 14.8. The average molecular weight is 483 g/mol. The number of carbonyl (C=O) groups excluding carboxylic acids is 3. The van der Waals surface area contributed by atoms with E-state index in [-0.39, 0.29) is 35.8 Å². The van der Waals surface area contributed by atoms with Gasteiger partial charge in [0.05, 0.1) is 26.5 Å². The van der Waals surface area contributed by atoms with Crippen LogP contribution in [-0.4, -0.2) is 60.6 Å². The van der Waals surface area contributed by atoms with Crippen molar-refractivity contribution in [3.63, 3.8) is 0 Å². The van der Waals surface area contributed by atoms with Gasteiger partial charge in [-0.15, -0.1) is 0 Å². The fraction of sp³-hybridized carbons (Fsp3) is 0.440. The molecule has 10 heteroatoms. The number of anilines is 1. The molecule has 2 aromatic rings. The number of halogens is 1. The molecule has 2 fully saturated rings. The number of hydrogen-bond donors (Lipinski definition) is 0. The number of amides is 2. The molecule has 0 N–H and O–H groups in total. The molecule has 0 bridgehead atoms. The van der Waals surface area contributed by atoms with E-state index >= 15 is 0 Å². The first-order valence-corrected chi connectivity index (χ1v) is 11.7. The number of methoxy groups -OCH3 is 1. The summed E-state index contributed by atoms with van der Waals surface area (Å²) >= 11 is 0. The monoisotopic (exact) mass is 483 g/mol. The molecule has 2 aliphatic heterocycles. The predicted octanol–water partition coefficient (Wildman–Crippen LogP) is 2.71. The van der Waals surface area contributed by atoms with Gasteiger partial charge in [0, 0.05) is 35.8 Å². The molecular formula is C25H26FN3O6. The summed E-state index contributed by atoms with van der Waals surface area (Å²) < 4.78 is 30.9. The third kappa shape index (κ3) is 4.91. The summed E-state index contributed by atoms with van der Waals surface area (Å²) in [6.45, 7) is 0.657. The summed E-state index contributed by atoms with van der Waals surface area (Å²) in [5, 5.41) is 0. The second-order valence-electron chi connectivity index (χ2n) is 8.99. The van der Waals surface area contributed by atoms with E-state index in [9.17, 15) is 18.8 Å². The van der Waals surface area contributed by atoms with Crippen LogP contribution in [0.4, 0.5) is 10.1 Å². The molecule has 1 aromatic carbocycles. The van der Waals surface area contributed by atoms with Gasteiger partial charge in [-0.3, -0.25) is 14.4 Å². The van der Waals surface area contributed by atoms with Crippen molar-refractivity contribution in [2.24, 2.45) is 5.92 Å².